The van der Waals surface area contributed by atoms with E-state index in [-0.39, 0.29) is 24.9 Å². The Hall–Kier alpha value is -2.36. The Balaban J connectivity index is 1.74. The fourth-order valence-electron chi connectivity index (χ4n) is 1.53. The second-order valence-corrected chi connectivity index (χ2v) is 4.01. The highest BCUT2D eigenvalue weighted by molar-refractivity contribution is 5.74. The lowest BCUT2D eigenvalue weighted by molar-refractivity contribution is -0.142. The van der Waals surface area contributed by atoms with Crippen molar-refractivity contribution in [3.8, 4) is 0 Å². The number of ether oxygens (including phenoxy) is 1. The summed E-state index contributed by atoms with van der Waals surface area (Å²) in [5.74, 6) is -0.662. The fraction of sp³-hybridized carbons (Fsp3) is 0.133. The third-order valence-corrected chi connectivity index (χ3v) is 2.52. The van der Waals surface area contributed by atoms with E-state index in [1.54, 1.807) is 12.1 Å². The third-order valence-electron chi connectivity index (χ3n) is 2.52. The Labute approximate surface area is 111 Å². The molecule has 98 valence electrons. The van der Waals surface area contributed by atoms with E-state index in [0.29, 0.717) is 5.69 Å². The Bertz CT molecular complexity index is 526. The van der Waals surface area contributed by atoms with Crippen LogP contribution < -0.4 is 5.32 Å². The molecule has 0 atom stereocenters. The Morgan fingerprint density at radius 3 is 2.42 bits per heavy atom. The molecule has 0 heterocycles. The van der Waals surface area contributed by atoms with Crippen molar-refractivity contribution in [1.82, 2.24) is 0 Å². The van der Waals surface area contributed by atoms with Gasteiger partial charge < -0.3 is 10.1 Å². The van der Waals surface area contributed by atoms with Gasteiger partial charge in [0.25, 0.3) is 0 Å². The number of hydrogen-bond acceptors (Lipinski definition) is 3. The van der Waals surface area contributed by atoms with Crippen molar-refractivity contribution in [3.63, 3.8) is 0 Å². The van der Waals surface area contributed by atoms with Gasteiger partial charge in [-0.2, -0.15) is 0 Å². The number of nitrogens with one attached hydrogen (secondary N) is 1. The second kappa shape index (κ2) is 6.54. The standard InChI is InChI=1S/C15H14FNO2/c16-13-6-8-14(9-7-13)17-10-15(18)19-11-12-4-2-1-3-5-12/h1-9,17H,10-11H2. The molecule has 0 bridgehead atoms. The lowest BCUT2D eigenvalue weighted by Gasteiger charge is -2.07. The minimum atomic E-state index is -0.354. The first kappa shape index (κ1) is 13.1. The first-order valence-corrected chi connectivity index (χ1v) is 5.93. The average Bonchev–Trinajstić information content (AvgIpc) is 2.45. The predicted octanol–water partition coefficient (Wildman–Crippen LogP) is 2.98. The lowest BCUT2D eigenvalue weighted by Crippen LogP contribution is -2.16. The molecule has 0 saturated heterocycles. The largest absolute Gasteiger partial charge is 0.460 e. The van der Waals surface area contributed by atoms with Gasteiger partial charge >= 0.3 is 5.97 Å². The molecule has 1 N–H and O–H groups in total. The number of esters is 1. The van der Waals surface area contributed by atoms with Crippen LogP contribution in [0.4, 0.5) is 10.1 Å². The molecule has 0 aliphatic rings. The maximum absolute atomic E-state index is 12.7. The van der Waals surface area contributed by atoms with Gasteiger partial charge in [-0.25, -0.2) is 4.39 Å². The molecule has 0 fully saturated rings. The average molecular weight is 259 g/mol. The molecule has 0 amide bonds. The topological polar surface area (TPSA) is 38.3 Å². The molecule has 2 aromatic carbocycles. The summed E-state index contributed by atoms with van der Waals surface area (Å²) in [5.41, 5.74) is 1.62. The number of carbonyl (C=O) groups is 1. The van der Waals surface area contributed by atoms with Crippen LogP contribution in [0.25, 0.3) is 0 Å². The summed E-state index contributed by atoms with van der Waals surface area (Å²) in [7, 11) is 0. The second-order valence-electron chi connectivity index (χ2n) is 4.01. The minimum Gasteiger partial charge on any atom is -0.460 e. The Kier molecular flexibility index (Phi) is 4.50. The molecule has 2 aromatic rings. The Morgan fingerprint density at radius 1 is 1.05 bits per heavy atom. The van der Waals surface area contributed by atoms with Crippen LogP contribution in [0, 0.1) is 5.82 Å². The highest BCUT2D eigenvalue weighted by Gasteiger charge is 2.03. The van der Waals surface area contributed by atoms with Crippen LogP contribution in [0.3, 0.4) is 0 Å². The first-order valence-electron chi connectivity index (χ1n) is 5.93. The van der Waals surface area contributed by atoms with Crippen molar-refractivity contribution >= 4 is 11.7 Å². The van der Waals surface area contributed by atoms with E-state index in [1.165, 1.54) is 12.1 Å². The quantitative estimate of drug-likeness (QED) is 0.839. The molecule has 2 rings (SSSR count). The lowest BCUT2D eigenvalue weighted by atomic mass is 10.2. The molecule has 3 nitrogen and oxygen atoms in total. The van der Waals surface area contributed by atoms with Gasteiger partial charge in [-0.1, -0.05) is 30.3 Å². The summed E-state index contributed by atoms with van der Waals surface area (Å²) in [6.45, 7) is 0.309. The Morgan fingerprint density at radius 2 is 1.74 bits per heavy atom. The summed E-state index contributed by atoms with van der Waals surface area (Å²) in [6, 6.07) is 15.3. The molecule has 0 radical (unpaired) electrons. The molecular formula is C15H14FNO2. The number of anilines is 1. The van der Waals surface area contributed by atoms with Gasteiger partial charge in [0.2, 0.25) is 0 Å². The smallest absolute Gasteiger partial charge is 0.325 e. The van der Waals surface area contributed by atoms with Crippen LogP contribution in [0.1, 0.15) is 5.56 Å². The molecule has 0 aromatic heterocycles. The molecule has 0 aliphatic carbocycles. The third kappa shape index (κ3) is 4.43. The van der Waals surface area contributed by atoms with Gasteiger partial charge in [0.1, 0.15) is 19.0 Å². The molecule has 0 unspecified atom stereocenters. The predicted molar refractivity (Wildman–Crippen MR) is 71.1 cm³/mol. The maximum Gasteiger partial charge on any atom is 0.325 e. The van der Waals surface area contributed by atoms with Gasteiger partial charge in [0, 0.05) is 5.69 Å². The van der Waals surface area contributed by atoms with Crippen molar-refractivity contribution in [2.45, 2.75) is 6.61 Å². The van der Waals surface area contributed by atoms with Gasteiger partial charge in [0.15, 0.2) is 0 Å². The van der Waals surface area contributed by atoms with E-state index in [4.69, 9.17) is 4.74 Å². The maximum atomic E-state index is 12.7. The molecule has 19 heavy (non-hydrogen) atoms. The van der Waals surface area contributed by atoms with Crippen LogP contribution in [-0.4, -0.2) is 12.5 Å². The van der Waals surface area contributed by atoms with Crippen LogP contribution in [-0.2, 0) is 16.1 Å². The normalized spacial score (nSPS) is 9.95. The highest BCUT2D eigenvalue weighted by atomic mass is 19.1. The SMILES string of the molecule is O=C(CNc1ccc(F)cc1)OCc1ccccc1. The molecular weight excluding hydrogens is 245 g/mol. The monoisotopic (exact) mass is 259 g/mol. The number of rotatable bonds is 5. The van der Waals surface area contributed by atoms with E-state index >= 15 is 0 Å². The van der Waals surface area contributed by atoms with Gasteiger partial charge in [-0.3, -0.25) is 4.79 Å². The molecule has 4 heteroatoms. The molecule has 0 spiro atoms. The van der Waals surface area contributed by atoms with Crippen molar-refractivity contribution < 1.29 is 13.9 Å². The zero-order valence-electron chi connectivity index (χ0n) is 10.3. The summed E-state index contributed by atoms with van der Waals surface area (Å²) >= 11 is 0. The zero-order valence-corrected chi connectivity index (χ0v) is 10.3. The summed E-state index contributed by atoms with van der Waals surface area (Å²) in [5, 5.41) is 2.87. The van der Waals surface area contributed by atoms with Crippen molar-refractivity contribution in [1.29, 1.82) is 0 Å². The zero-order chi connectivity index (χ0) is 13.5. The van der Waals surface area contributed by atoms with Crippen LogP contribution in [0.15, 0.2) is 54.6 Å². The number of hydrogen-bond donors (Lipinski definition) is 1. The van der Waals surface area contributed by atoms with Crippen LogP contribution >= 0.6 is 0 Å². The summed E-state index contributed by atoms with van der Waals surface area (Å²) < 4.78 is 17.8. The van der Waals surface area contributed by atoms with Gasteiger partial charge in [0.05, 0.1) is 0 Å². The first-order chi connectivity index (χ1) is 9.24. The van der Waals surface area contributed by atoms with Crippen LogP contribution in [0.2, 0.25) is 0 Å². The summed E-state index contributed by atoms with van der Waals surface area (Å²) in [6.07, 6.45) is 0. The van der Waals surface area contributed by atoms with E-state index < -0.39 is 0 Å². The highest BCUT2D eigenvalue weighted by Crippen LogP contribution is 2.08. The fourth-order valence-corrected chi connectivity index (χ4v) is 1.53. The minimum absolute atomic E-state index is 0.0540. The van der Waals surface area contributed by atoms with Crippen molar-refractivity contribution in [2.24, 2.45) is 0 Å². The van der Waals surface area contributed by atoms with E-state index in [1.807, 2.05) is 30.3 Å². The molecule has 0 saturated carbocycles. The van der Waals surface area contributed by atoms with Crippen molar-refractivity contribution in [2.75, 3.05) is 11.9 Å². The van der Waals surface area contributed by atoms with Gasteiger partial charge in [-0.05, 0) is 29.8 Å². The number of benzene rings is 2. The number of halogens is 1. The van der Waals surface area contributed by atoms with E-state index in [9.17, 15) is 9.18 Å². The van der Waals surface area contributed by atoms with E-state index in [2.05, 4.69) is 5.32 Å². The molecule has 0 aliphatic heterocycles. The van der Waals surface area contributed by atoms with E-state index in [0.717, 1.165) is 5.56 Å². The van der Waals surface area contributed by atoms with Crippen molar-refractivity contribution in [3.05, 3.63) is 66.0 Å². The van der Waals surface area contributed by atoms with Gasteiger partial charge in [-0.15, -0.1) is 0 Å². The number of carbonyl (C=O) groups excluding carboxylic acids is 1. The summed E-state index contributed by atoms with van der Waals surface area (Å²) in [4.78, 5) is 11.5. The van der Waals surface area contributed by atoms with Crippen LogP contribution in [0.5, 0.6) is 0 Å².